The zero-order valence-electron chi connectivity index (χ0n) is 15.6. The Hall–Kier alpha value is -2.35. The standard InChI is InChI=1S/C19H24BrN5O2/c1-13-11-17(25-9-3-4-10-25)24-19(23-13)22-8-7-21-18(26)15-12-14(27-2)5-6-16(15)20/h5-6,11-12H,3-4,7-10H2,1-2H3,(H,21,26)(H,22,23,24). The van der Waals surface area contributed by atoms with Gasteiger partial charge in [-0.25, -0.2) is 4.98 Å². The van der Waals surface area contributed by atoms with Gasteiger partial charge in [0.05, 0.1) is 12.7 Å². The van der Waals surface area contributed by atoms with E-state index in [1.54, 1.807) is 25.3 Å². The van der Waals surface area contributed by atoms with Crippen molar-refractivity contribution in [2.45, 2.75) is 19.8 Å². The maximum Gasteiger partial charge on any atom is 0.252 e. The highest BCUT2D eigenvalue weighted by atomic mass is 79.9. The predicted octanol–water partition coefficient (Wildman–Crippen LogP) is 3.00. The number of ether oxygens (including phenoxy) is 1. The molecule has 2 aromatic rings. The topological polar surface area (TPSA) is 79.4 Å². The quantitative estimate of drug-likeness (QED) is 0.653. The van der Waals surface area contributed by atoms with Gasteiger partial charge in [-0.05, 0) is 53.9 Å². The molecule has 2 N–H and O–H groups in total. The van der Waals surface area contributed by atoms with Gasteiger partial charge in [0.2, 0.25) is 5.95 Å². The second-order valence-electron chi connectivity index (χ2n) is 6.41. The highest BCUT2D eigenvalue weighted by Crippen LogP contribution is 2.22. The van der Waals surface area contributed by atoms with Crippen molar-refractivity contribution in [2.24, 2.45) is 0 Å². The molecule has 1 aliphatic heterocycles. The number of aryl methyl sites for hydroxylation is 1. The van der Waals surface area contributed by atoms with E-state index in [1.165, 1.54) is 12.8 Å². The number of methoxy groups -OCH3 is 1. The van der Waals surface area contributed by atoms with Crippen molar-refractivity contribution in [1.82, 2.24) is 15.3 Å². The number of benzene rings is 1. The van der Waals surface area contributed by atoms with Crippen LogP contribution in [0, 0.1) is 6.92 Å². The van der Waals surface area contributed by atoms with Crippen LogP contribution in [0.5, 0.6) is 5.75 Å². The Morgan fingerprint density at radius 2 is 2.00 bits per heavy atom. The van der Waals surface area contributed by atoms with Crippen LogP contribution in [-0.2, 0) is 0 Å². The van der Waals surface area contributed by atoms with E-state index in [-0.39, 0.29) is 5.91 Å². The number of anilines is 2. The number of aromatic nitrogens is 2. The molecule has 0 bridgehead atoms. The number of hydrogen-bond donors (Lipinski definition) is 2. The lowest BCUT2D eigenvalue weighted by molar-refractivity contribution is 0.0954. The van der Waals surface area contributed by atoms with Crippen molar-refractivity contribution in [3.8, 4) is 5.75 Å². The Bertz CT molecular complexity index is 809. The van der Waals surface area contributed by atoms with Crippen molar-refractivity contribution in [2.75, 3.05) is 43.5 Å². The minimum atomic E-state index is -0.162. The minimum absolute atomic E-state index is 0.162. The first-order valence-electron chi connectivity index (χ1n) is 9.03. The SMILES string of the molecule is COc1ccc(Br)c(C(=O)NCCNc2nc(C)cc(N3CCCC3)n2)c1. The minimum Gasteiger partial charge on any atom is -0.497 e. The lowest BCUT2D eigenvalue weighted by Gasteiger charge is -2.17. The molecule has 1 amide bonds. The fourth-order valence-electron chi connectivity index (χ4n) is 2.99. The van der Waals surface area contributed by atoms with Gasteiger partial charge < -0.3 is 20.3 Å². The number of hydrogen-bond acceptors (Lipinski definition) is 6. The van der Waals surface area contributed by atoms with Gasteiger partial charge in [0.15, 0.2) is 0 Å². The lowest BCUT2D eigenvalue weighted by Crippen LogP contribution is -2.29. The van der Waals surface area contributed by atoms with Crippen LogP contribution in [0.2, 0.25) is 0 Å². The number of amides is 1. The Balaban J connectivity index is 1.53. The monoisotopic (exact) mass is 433 g/mol. The lowest BCUT2D eigenvalue weighted by atomic mass is 10.2. The smallest absolute Gasteiger partial charge is 0.252 e. The molecule has 1 aromatic heterocycles. The van der Waals surface area contributed by atoms with Crippen molar-refractivity contribution < 1.29 is 9.53 Å². The number of rotatable bonds is 7. The molecular weight excluding hydrogens is 410 g/mol. The molecule has 1 fully saturated rings. The van der Waals surface area contributed by atoms with Crippen LogP contribution >= 0.6 is 15.9 Å². The van der Waals surface area contributed by atoms with Gasteiger partial charge in [-0.3, -0.25) is 4.79 Å². The summed E-state index contributed by atoms with van der Waals surface area (Å²) < 4.78 is 5.90. The van der Waals surface area contributed by atoms with Gasteiger partial charge in [0.25, 0.3) is 5.91 Å². The molecule has 8 heteroatoms. The first-order chi connectivity index (χ1) is 13.1. The summed E-state index contributed by atoms with van der Waals surface area (Å²) >= 11 is 3.40. The van der Waals surface area contributed by atoms with Crippen LogP contribution in [0.15, 0.2) is 28.7 Å². The third kappa shape index (κ3) is 5.09. The molecule has 144 valence electrons. The molecule has 1 aromatic carbocycles. The van der Waals surface area contributed by atoms with Gasteiger partial charge in [-0.1, -0.05) is 0 Å². The zero-order chi connectivity index (χ0) is 19.2. The summed E-state index contributed by atoms with van der Waals surface area (Å²) in [6.07, 6.45) is 2.41. The molecule has 7 nitrogen and oxygen atoms in total. The molecule has 0 radical (unpaired) electrons. The Morgan fingerprint density at radius 3 is 2.74 bits per heavy atom. The number of nitrogens with one attached hydrogen (secondary N) is 2. The molecule has 0 spiro atoms. The van der Waals surface area contributed by atoms with E-state index < -0.39 is 0 Å². The number of carbonyl (C=O) groups is 1. The first kappa shape index (κ1) is 19.4. The Morgan fingerprint density at radius 1 is 1.22 bits per heavy atom. The summed E-state index contributed by atoms with van der Waals surface area (Å²) in [6.45, 7) is 5.05. The van der Waals surface area contributed by atoms with Gasteiger partial charge in [-0.15, -0.1) is 0 Å². The summed E-state index contributed by atoms with van der Waals surface area (Å²) in [7, 11) is 1.58. The maximum atomic E-state index is 12.4. The fourth-order valence-corrected chi connectivity index (χ4v) is 3.42. The largest absolute Gasteiger partial charge is 0.497 e. The van der Waals surface area contributed by atoms with E-state index >= 15 is 0 Å². The van der Waals surface area contributed by atoms with Crippen LogP contribution in [0.1, 0.15) is 28.9 Å². The van der Waals surface area contributed by atoms with Crippen LogP contribution in [0.4, 0.5) is 11.8 Å². The summed E-state index contributed by atoms with van der Waals surface area (Å²) in [5, 5.41) is 6.09. The Labute approximate surface area is 167 Å². The van der Waals surface area contributed by atoms with Gasteiger partial charge in [-0.2, -0.15) is 4.98 Å². The first-order valence-corrected chi connectivity index (χ1v) is 9.82. The number of carbonyl (C=O) groups excluding carboxylic acids is 1. The molecule has 1 aliphatic rings. The van der Waals surface area contributed by atoms with E-state index in [0.717, 1.165) is 29.1 Å². The normalized spacial score (nSPS) is 13.5. The average Bonchev–Trinajstić information content (AvgIpc) is 3.20. The van der Waals surface area contributed by atoms with Crippen molar-refractivity contribution in [1.29, 1.82) is 0 Å². The van der Waals surface area contributed by atoms with Gasteiger partial charge in [0.1, 0.15) is 11.6 Å². The third-order valence-electron chi connectivity index (χ3n) is 4.38. The van der Waals surface area contributed by atoms with Crippen molar-refractivity contribution in [3.63, 3.8) is 0 Å². The second kappa shape index (κ2) is 9.03. The van der Waals surface area contributed by atoms with Crippen LogP contribution in [0.25, 0.3) is 0 Å². The van der Waals surface area contributed by atoms with Crippen LogP contribution in [-0.4, -0.2) is 49.2 Å². The predicted molar refractivity (Wildman–Crippen MR) is 110 cm³/mol. The van der Waals surface area contributed by atoms with Crippen molar-refractivity contribution in [3.05, 3.63) is 40.0 Å². The third-order valence-corrected chi connectivity index (χ3v) is 5.07. The second-order valence-corrected chi connectivity index (χ2v) is 7.27. The summed E-state index contributed by atoms with van der Waals surface area (Å²) in [4.78, 5) is 23.7. The molecular formula is C19H24BrN5O2. The molecule has 3 rings (SSSR count). The zero-order valence-corrected chi connectivity index (χ0v) is 17.2. The van der Waals surface area contributed by atoms with E-state index in [0.29, 0.717) is 30.4 Å². The van der Waals surface area contributed by atoms with Gasteiger partial charge in [0, 0.05) is 42.4 Å². The summed E-state index contributed by atoms with van der Waals surface area (Å²) in [5.74, 6) is 2.04. The van der Waals surface area contributed by atoms with E-state index in [2.05, 4.69) is 41.4 Å². The average molecular weight is 434 g/mol. The van der Waals surface area contributed by atoms with Crippen LogP contribution < -0.4 is 20.3 Å². The van der Waals surface area contributed by atoms with Crippen molar-refractivity contribution >= 4 is 33.6 Å². The van der Waals surface area contributed by atoms with Crippen LogP contribution in [0.3, 0.4) is 0 Å². The molecule has 2 heterocycles. The molecule has 0 atom stereocenters. The number of nitrogens with zero attached hydrogens (tertiary/aromatic N) is 3. The highest BCUT2D eigenvalue weighted by Gasteiger charge is 2.15. The van der Waals surface area contributed by atoms with E-state index in [9.17, 15) is 4.79 Å². The Kier molecular flexibility index (Phi) is 6.49. The molecule has 27 heavy (non-hydrogen) atoms. The summed E-state index contributed by atoms with van der Waals surface area (Å²) in [6, 6.07) is 7.32. The molecule has 0 aliphatic carbocycles. The summed E-state index contributed by atoms with van der Waals surface area (Å²) in [5.41, 5.74) is 1.47. The van der Waals surface area contributed by atoms with Gasteiger partial charge >= 0.3 is 0 Å². The molecule has 0 unspecified atom stereocenters. The molecule has 1 saturated heterocycles. The maximum absolute atomic E-state index is 12.4. The van der Waals surface area contributed by atoms with E-state index in [1.807, 2.05) is 13.0 Å². The fraction of sp³-hybridized carbons (Fsp3) is 0.421. The highest BCUT2D eigenvalue weighted by molar-refractivity contribution is 9.10. The molecule has 0 saturated carbocycles. The van der Waals surface area contributed by atoms with E-state index in [4.69, 9.17) is 4.74 Å². The number of halogens is 1.